The first-order valence-electron chi connectivity index (χ1n) is 13.6. The van der Waals surface area contributed by atoms with Gasteiger partial charge in [-0.25, -0.2) is 8.78 Å². The standard InChI is InChI=1S/C33H35F2NO4/c1-32(2,3)31(37)39-18-25(40-33(4,5)6)28-23(30(34)35)17-20-9-7-8-10-21(20)27(28)22-11-12-24-26-19(14-16-38-24)13-15-36-29(22)26/h7-13,15,17,25,30H,14,16,18H2,1-6H3/t25-/m1/s1. The molecule has 0 amide bonds. The number of esters is 1. The van der Waals surface area contributed by atoms with Crippen LogP contribution in [0.5, 0.6) is 5.75 Å². The molecule has 0 saturated heterocycles. The van der Waals surface area contributed by atoms with Gasteiger partial charge in [-0.3, -0.25) is 9.78 Å². The van der Waals surface area contributed by atoms with Crippen LogP contribution in [0.1, 0.15) is 70.8 Å². The van der Waals surface area contributed by atoms with Gasteiger partial charge in [-0.2, -0.15) is 0 Å². The smallest absolute Gasteiger partial charge is 0.311 e. The summed E-state index contributed by atoms with van der Waals surface area (Å²) < 4.78 is 48.0. The number of carbonyl (C=O) groups excluding carboxylic acids is 1. The van der Waals surface area contributed by atoms with E-state index in [0.29, 0.717) is 34.2 Å². The average Bonchev–Trinajstić information content (AvgIpc) is 2.89. The van der Waals surface area contributed by atoms with E-state index in [9.17, 15) is 13.6 Å². The number of aromatic nitrogens is 1. The van der Waals surface area contributed by atoms with Crippen LogP contribution in [-0.2, 0) is 20.7 Å². The molecular formula is C33H35F2NO4. The van der Waals surface area contributed by atoms with E-state index in [1.165, 1.54) is 6.07 Å². The van der Waals surface area contributed by atoms with Crippen molar-refractivity contribution in [2.45, 2.75) is 66.1 Å². The van der Waals surface area contributed by atoms with Gasteiger partial charge in [0.2, 0.25) is 0 Å². The van der Waals surface area contributed by atoms with Gasteiger partial charge in [0.25, 0.3) is 6.43 Å². The van der Waals surface area contributed by atoms with E-state index in [1.807, 2.05) is 63.2 Å². The maximum absolute atomic E-state index is 14.9. The van der Waals surface area contributed by atoms with Crippen LogP contribution in [-0.4, -0.2) is 29.8 Å². The summed E-state index contributed by atoms with van der Waals surface area (Å²) in [6.45, 7) is 11.2. The topological polar surface area (TPSA) is 57.7 Å². The fourth-order valence-electron chi connectivity index (χ4n) is 5.28. The zero-order valence-corrected chi connectivity index (χ0v) is 23.8. The highest BCUT2D eigenvalue weighted by Crippen LogP contribution is 2.47. The van der Waals surface area contributed by atoms with Crippen LogP contribution in [0.25, 0.3) is 32.8 Å². The van der Waals surface area contributed by atoms with Crippen molar-refractivity contribution in [3.05, 3.63) is 71.4 Å². The van der Waals surface area contributed by atoms with E-state index >= 15 is 0 Å². The quantitative estimate of drug-likeness (QED) is 0.227. The summed E-state index contributed by atoms with van der Waals surface area (Å²) >= 11 is 0. The lowest BCUT2D eigenvalue weighted by molar-refractivity contribution is -0.162. The number of halogens is 2. The monoisotopic (exact) mass is 547 g/mol. The lowest BCUT2D eigenvalue weighted by Crippen LogP contribution is -2.30. The fourth-order valence-corrected chi connectivity index (χ4v) is 5.28. The molecule has 0 N–H and O–H groups in total. The second-order valence-electron chi connectivity index (χ2n) is 12.2. The van der Waals surface area contributed by atoms with E-state index in [4.69, 9.17) is 19.2 Å². The number of benzene rings is 3. The maximum Gasteiger partial charge on any atom is 0.311 e. The molecule has 1 atom stereocenters. The third-order valence-electron chi connectivity index (χ3n) is 6.99. The number of pyridine rings is 1. The second-order valence-corrected chi connectivity index (χ2v) is 12.2. The highest BCUT2D eigenvalue weighted by Gasteiger charge is 2.33. The first kappa shape index (κ1) is 28.0. The first-order chi connectivity index (χ1) is 18.8. The Bertz CT molecular complexity index is 1570. The van der Waals surface area contributed by atoms with Crippen molar-refractivity contribution in [3.63, 3.8) is 0 Å². The summed E-state index contributed by atoms with van der Waals surface area (Å²) in [7, 11) is 0. The Morgan fingerprint density at radius 3 is 2.50 bits per heavy atom. The van der Waals surface area contributed by atoms with Gasteiger partial charge in [0.1, 0.15) is 18.5 Å². The Kier molecular flexibility index (Phi) is 7.29. The molecule has 0 fully saturated rings. The van der Waals surface area contributed by atoms with Crippen molar-refractivity contribution in [3.8, 4) is 16.9 Å². The summed E-state index contributed by atoms with van der Waals surface area (Å²) in [5.41, 5.74) is 1.73. The number of rotatable bonds is 6. The van der Waals surface area contributed by atoms with Crippen molar-refractivity contribution < 1.29 is 27.8 Å². The fraction of sp³-hybridized carbons (Fsp3) is 0.394. The lowest BCUT2D eigenvalue weighted by Gasteiger charge is -2.32. The zero-order chi connectivity index (χ0) is 28.8. The summed E-state index contributed by atoms with van der Waals surface area (Å²) in [4.78, 5) is 17.5. The van der Waals surface area contributed by atoms with E-state index in [-0.39, 0.29) is 12.2 Å². The van der Waals surface area contributed by atoms with Crippen molar-refractivity contribution in [1.29, 1.82) is 0 Å². The summed E-state index contributed by atoms with van der Waals surface area (Å²) in [5, 5.41) is 2.34. The number of hydrogen-bond donors (Lipinski definition) is 0. The molecule has 0 spiro atoms. The Hall–Kier alpha value is -3.58. The van der Waals surface area contributed by atoms with Crippen LogP contribution in [0.4, 0.5) is 8.78 Å². The van der Waals surface area contributed by atoms with Gasteiger partial charge in [0.15, 0.2) is 0 Å². The molecule has 40 heavy (non-hydrogen) atoms. The molecule has 0 aliphatic carbocycles. The predicted octanol–water partition coefficient (Wildman–Crippen LogP) is 8.37. The van der Waals surface area contributed by atoms with Gasteiger partial charge in [-0.15, -0.1) is 0 Å². The molecular weight excluding hydrogens is 512 g/mol. The third-order valence-corrected chi connectivity index (χ3v) is 6.99. The summed E-state index contributed by atoms with van der Waals surface area (Å²) in [6.07, 6.45) is -1.27. The number of carbonyl (C=O) groups is 1. The van der Waals surface area contributed by atoms with Crippen molar-refractivity contribution >= 4 is 27.6 Å². The molecule has 7 heteroatoms. The molecule has 0 unspecified atom stereocenters. The van der Waals surface area contributed by atoms with Gasteiger partial charge in [-0.1, -0.05) is 24.3 Å². The van der Waals surface area contributed by atoms with E-state index in [2.05, 4.69) is 0 Å². The predicted molar refractivity (Wildman–Crippen MR) is 153 cm³/mol. The Morgan fingerprint density at radius 2 is 1.80 bits per heavy atom. The molecule has 210 valence electrons. The number of nitrogens with zero attached hydrogens (tertiary/aromatic N) is 1. The average molecular weight is 548 g/mol. The Labute approximate surface area is 233 Å². The van der Waals surface area contributed by atoms with Crippen LogP contribution < -0.4 is 4.74 Å². The van der Waals surface area contributed by atoms with Crippen LogP contribution in [0.15, 0.2) is 54.7 Å². The van der Waals surface area contributed by atoms with Gasteiger partial charge >= 0.3 is 5.97 Å². The van der Waals surface area contributed by atoms with E-state index in [0.717, 1.165) is 28.5 Å². The Morgan fingerprint density at radius 1 is 1.05 bits per heavy atom. The van der Waals surface area contributed by atoms with Crippen molar-refractivity contribution in [2.24, 2.45) is 5.41 Å². The zero-order valence-electron chi connectivity index (χ0n) is 23.8. The first-order valence-corrected chi connectivity index (χ1v) is 13.6. The van der Waals surface area contributed by atoms with Gasteiger partial charge < -0.3 is 14.2 Å². The normalized spacial score (nSPS) is 14.4. The molecule has 0 bridgehead atoms. The lowest BCUT2D eigenvalue weighted by atomic mass is 9.85. The Balaban J connectivity index is 1.84. The number of hydrogen-bond acceptors (Lipinski definition) is 5. The molecule has 5 nitrogen and oxygen atoms in total. The highest BCUT2D eigenvalue weighted by molar-refractivity contribution is 6.08. The molecule has 2 heterocycles. The molecule has 1 aromatic heterocycles. The van der Waals surface area contributed by atoms with Gasteiger partial charge in [0.05, 0.1) is 23.1 Å². The summed E-state index contributed by atoms with van der Waals surface area (Å²) in [5.74, 6) is 0.293. The third kappa shape index (κ3) is 5.39. The molecule has 4 aromatic rings. The largest absolute Gasteiger partial charge is 0.493 e. The van der Waals surface area contributed by atoms with Crippen molar-refractivity contribution in [1.82, 2.24) is 4.98 Å². The molecule has 0 radical (unpaired) electrons. The van der Waals surface area contributed by atoms with Crippen LogP contribution >= 0.6 is 0 Å². The molecule has 1 aliphatic rings. The minimum Gasteiger partial charge on any atom is -0.493 e. The van der Waals surface area contributed by atoms with Crippen LogP contribution in [0, 0.1) is 5.41 Å². The van der Waals surface area contributed by atoms with Crippen LogP contribution in [0.3, 0.4) is 0 Å². The number of alkyl halides is 2. The van der Waals surface area contributed by atoms with Crippen molar-refractivity contribution in [2.75, 3.05) is 13.2 Å². The molecule has 0 saturated carbocycles. The van der Waals surface area contributed by atoms with Gasteiger partial charge in [0, 0.05) is 34.7 Å². The second kappa shape index (κ2) is 10.4. The SMILES string of the molecule is CC(C)(C)O[C@H](COC(=O)C(C)(C)C)c1c(C(F)F)cc2ccccc2c1-c1ccc2c3c(ccnc13)CCO2. The molecule has 1 aliphatic heterocycles. The minimum atomic E-state index is -2.79. The molecule has 5 rings (SSSR count). The van der Waals surface area contributed by atoms with E-state index in [1.54, 1.807) is 27.0 Å². The van der Waals surface area contributed by atoms with E-state index < -0.39 is 29.5 Å². The van der Waals surface area contributed by atoms with Crippen LogP contribution in [0.2, 0.25) is 0 Å². The maximum atomic E-state index is 14.9. The highest BCUT2D eigenvalue weighted by atomic mass is 19.3. The summed E-state index contributed by atoms with van der Waals surface area (Å²) in [6, 6.07) is 14.7. The number of fused-ring (bicyclic) bond motifs is 1. The minimum absolute atomic E-state index is 0.161. The number of ether oxygens (including phenoxy) is 3. The molecule has 3 aromatic carbocycles. The van der Waals surface area contributed by atoms with Gasteiger partial charge in [-0.05, 0) is 87.7 Å².